The maximum Gasteiger partial charge on any atom is 0.240 e. The zero-order chi connectivity index (χ0) is 15.3. The van der Waals surface area contributed by atoms with Gasteiger partial charge >= 0.3 is 0 Å². The molecule has 0 unspecified atom stereocenters. The molecule has 0 radical (unpaired) electrons. The van der Waals surface area contributed by atoms with Gasteiger partial charge in [-0.15, -0.1) is 0 Å². The van der Waals surface area contributed by atoms with Crippen molar-refractivity contribution in [1.82, 2.24) is 4.72 Å². The van der Waals surface area contributed by atoms with Crippen LogP contribution in [0.5, 0.6) is 0 Å². The molecule has 4 nitrogen and oxygen atoms in total. The summed E-state index contributed by atoms with van der Waals surface area (Å²) in [7, 11) is -3.46. The molecule has 21 heavy (non-hydrogen) atoms. The molecule has 0 bridgehead atoms. The highest BCUT2D eigenvalue weighted by atomic mass is 32.2. The second-order valence-electron chi connectivity index (χ2n) is 5.56. The molecule has 0 heterocycles. The first kappa shape index (κ1) is 16.0. The van der Waals surface area contributed by atoms with Crippen LogP contribution in [0.15, 0.2) is 29.2 Å². The fourth-order valence-corrected chi connectivity index (χ4v) is 3.83. The molecule has 5 heteroatoms. The van der Waals surface area contributed by atoms with Crippen LogP contribution in [-0.2, 0) is 10.0 Å². The summed E-state index contributed by atoms with van der Waals surface area (Å²) in [6.07, 6.45) is 3.95. The number of aliphatic hydroxyl groups excluding tert-OH is 1. The summed E-state index contributed by atoms with van der Waals surface area (Å²) in [6.45, 7) is 2.00. The Hall–Kier alpha value is -1.35. The lowest BCUT2D eigenvalue weighted by Gasteiger charge is -2.26. The van der Waals surface area contributed by atoms with Gasteiger partial charge in [0.2, 0.25) is 10.0 Å². The van der Waals surface area contributed by atoms with E-state index in [1.165, 1.54) is 0 Å². The Labute approximate surface area is 126 Å². The summed E-state index contributed by atoms with van der Waals surface area (Å²) in [5, 5.41) is 8.63. The van der Waals surface area contributed by atoms with Crippen LogP contribution in [0.3, 0.4) is 0 Å². The van der Waals surface area contributed by atoms with Crippen LogP contribution in [0.25, 0.3) is 0 Å². The number of hydrogen-bond donors (Lipinski definition) is 2. The molecule has 1 aliphatic rings. The van der Waals surface area contributed by atoms with Gasteiger partial charge in [0, 0.05) is 11.6 Å². The fourth-order valence-electron chi connectivity index (χ4n) is 2.52. The normalized spacial score (nSPS) is 22.4. The van der Waals surface area contributed by atoms with Crippen molar-refractivity contribution in [3.63, 3.8) is 0 Å². The Morgan fingerprint density at radius 3 is 2.38 bits per heavy atom. The van der Waals surface area contributed by atoms with E-state index in [-0.39, 0.29) is 17.5 Å². The maximum atomic E-state index is 12.3. The third-order valence-corrected chi connectivity index (χ3v) is 5.35. The Bertz CT molecular complexity index is 618. The molecule has 0 amide bonds. The van der Waals surface area contributed by atoms with Gasteiger partial charge in [0.15, 0.2) is 0 Å². The number of benzene rings is 1. The van der Waals surface area contributed by atoms with Crippen molar-refractivity contribution in [1.29, 1.82) is 0 Å². The molecule has 1 aliphatic carbocycles. The summed E-state index contributed by atoms with van der Waals surface area (Å²) in [5.41, 5.74) is 0.689. The van der Waals surface area contributed by atoms with Crippen molar-refractivity contribution in [2.75, 3.05) is 6.61 Å². The smallest absolute Gasteiger partial charge is 0.240 e. The number of aliphatic hydroxyl groups is 1. The van der Waals surface area contributed by atoms with Crippen LogP contribution in [0.4, 0.5) is 0 Å². The highest BCUT2D eigenvalue weighted by Gasteiger charge is 2.23. The molecule has 1 aromatic carbocycles. The number of sulfonamides is 1. The first-order chi connectivity index (χ1) is 10.0. The molecule has 2 N–H and O–H groups in total. The maximum absolute atomic E-state index is 12.3. The molecule has 0 saturated heterocycles. The number of hydrogen-bond acceptors (Lipinski definition) is 3. The van der Waals surface area contributed by atoms with Crippen LogP contribution < -0.4 is 4.72 Å². The second-order valence-corrected chi connectivity index (χ2v) is 7.28. The van der Waals surface area contributed by atoms with Crippen molar-refractivity contribution in [3.05, 3.63) is 29.8 Å². The first-order valence-corrected chi connectivity index (χ1v) is 8.71. The van der Waals surface area contributed by atoms with Crippen molar-refractivity contribution in [2.45, 2.75) is 43.5 Å². The van der Waals surface area contributed by atoms with Gasteiger partial charge in [0.05, 0.1) is 4.90 Å². The number of nitrogens with one attached hydrogen (secondary N) is 1. The van der Waals surface area contributed by atoms with E-state index in [9.17, 15) is 8.42 Å². The predicted octanol–water partition coefficient (Wildman–Crippen LogP) is 1.89. The SMILES string of the molecule is CC1CCC(NS(=O)(=O)c2ccc(C#CCO)cc2)CC1. The van der Waals surface area contributed by atoms with E-state index in [0.29, 0.717) is 11.5 Å². The minimum atomic E-state index is -3.46. The van der Waals surface area contributed by atoms with Crippen LogP contribution in [-0.4, -0.2) is 26.2 Å². The van der Waals surface area contributed by atoms with E-state index in [1.54, 1.807) is 24.3 Å². The minimum Gasteiger partial charge on any atom is -0.384 e. The average Bonchev–Trinajstić information content (AvgIpc) is 2.48. The van der Waals surface area contributed by atoms with E-state index in [0.717, 1.165) is 25.7 Å². The molecular formula is C16H21NO3S. The monoisotopic (exact) mass is 307 g/mol. The second kappa shape index (κ2) is 7.08. The van der Waals surface area contributed by atoms with Crippen molar-refractivity contribution < 1.29 is 13.5 Å². The lowest BCUT2D eigenvalue weighted by molar-refractivity contribution is 0.332. The molecular weight excluding hydrogens is 286 g/mol. The van der Waals surface area contributed by atoms with E-state index >= 15 is 0 Å². The van der Waals surface area contributed by atoms with Crippen molar-refractivity contribution in [3.8, 4) is 11.8 Å². The fraction of sp³-hybridized carbons (Fsp3) is 0.500. The lowest BCUT2D eigenvalue weighted by atomic mass is 9.88. The lowest BCUT2D eigenvalue weighted by Crippen LogP contribution is -2.37. The molecule has 0 aromatic heterocycles. The summed E-state index contributed by atoms with van der Waals surface area (Å²) in [5.74, 6) is 5.97. The first-order valence-electron chi connectivity index (χ1n) is 7.23. The summed E-state index contributed by atoms with van der Waals surface area (Å²) in [6, 6.07) is 6.45. The van der Waals surface area contributed by atoms with E-state index < -0.39 is 10.0 Å². The van der Waals surface area contributed by atoms with Crippen LogP contribution >= 0.6 is 0 Å². The van der Waals surface area contributed by atoms with Crippen LogP contribution in [0, 0.1) is 17.8 Å². The van der Waals surface area contributed by atoms with Gasteiger partial charge in [-0.3, -0.25) is 0 Å². The molecule has 2 rings (SSSR count). The van der Waals surface area contributed by atoms with Gasteiger partial charge in [-0.05, 0) is 55.9 Å². The molecule has 0 atom stereocenters. The predicted molar refractivity (Wildman–Crippen MR) is 82.1 cm³/mol. The standard InChI is InChI=1S/C16H21NO3S/c1-13-4-8-15(9-5-13)17-21(19,20)16-10-6-14(7-11-16)3-2-12-18/h6-7,10-11,13,15,17-18H,4-5,8-9,12H2,1H3. The minimum absolute atomic E-state index is 0.0417. The molecule has 114 valence electrons. The molecule has 1 aromatic rings. The van der Waals surface area contributed by atoms with E-state index in [4.69, 9.17) is 5.11 Å². The van der Waals surface area contributed by atoms with Gasteiger partial charge in [0.1, 0.15) is 6.61 Å². The third kappa shape index (κ3) is 4.57. The van der Waals surface area contributed by atoms with Gasteiger partial charge in [-0.2, -0.15) is 0 Å². The molecule has 0 spiro atoms. The molecule has 0 aliphatic heterocycles. The van der Waals surface area contributed by atoms with Crippen molar-refractivity contribution in [2.24, 2.45) is 5.92 Å². The largest absolute Gasteiger partial charge is 0.384 e. The van der Waals surface area contributed by atoms with Gasteiger partial charge in [-0.1, -0.05) is 18.8 Å². The Balaban J connectivity index is 2.05. The van der Waals surface area contributed by atoms with Gasteiger partial charge < -0.3 is 5.11 Å². The number of rotatable bonds is 3. The topological polar surface area (TPSA) is 66.4 Å². The average molecular weight is 307 g/mol. The highest BCUT2D eigenvalue weighted by Crippen LogP contribution is 2.24. The Kier molecular flexibility index (Phi) is 5.40. The zero-order valence-corrected chi connectivity index (χ0v) is 13.0. The van der Waals surface area contributed by atoms with Crippen molar-refractivity contribution >= 4 is 10.0 Å². The molecule has 1 fully saturated rings. The summed E-state index contributed by atoms with van der Waals surface area (Å²) >= 11 is 0. The highest BCUT2D eigenvalue weighted by molar-refractivity contribution is 7.89. The van der Waals surface area contributed by atoms with Gasteiger partial charge in [-0.25, -0.2) is 13.1 Å². The third-order valence-electron chi connectivity index (χ3n) is 3.81. The quantitative estimate of drug-likeness (QED) is 0.838. The van der Waals surface area contributed by atoms with E-state index in [2.05, 4.69) is 23.5 Å². The Morgan fingerprint density at radius 2 is 1.81 bits per heavy atom. The summed E-state index contributed by atoms with van der Waals surface area (Å²) < 4.78 is 27.4. The van der Waals surface area contributed by atoms with Crippen LogP contribution in [0.1, 0.15) is 38.2 Å². The zero-order valence-electron chi connectivity index (χ0n) is 12.2. The molecule has 1 saturated carbocycles. The van der Waals surface area contributed by atoms with E-state index in [1.807, 2.05) is 0 Å². The Morgan fingerprint density at radius 1 is 1.19 bits per heavy atom. The van der Waals surface area contributed by atoms with Gasteiger partial charge in [0.25, 0.3) is 0 Å². The summed E-state index contributed by atoms with van der Waals surface area (Å²) in [4.78, 5) is 0.260. The van der Waals surface area contributed by atoms with Crippen LogP contribution in [0.2, 0.25) is 0 Å².